The van der Waals surface area contributed by atoms with Crippen LogP contribution in [0.2, 0.25) is 10.0 Å². The zero-order valence-electron chi connectivity index (χ0n) is 8.85. The minimum atomic E-state index is -5.12. The summed E-state index contributed by atoms with van der Waals surface area (Å²) < 4.78 is 37.5. The summed E-state index contributed by atoms with van der Waals surface area (Å²) in [4.78, 5) is 21.9. The van der Waals surface area contributed by atoms with Gasteiger partial charge in [-0.25, -0.2) is 4.79 Å². The van der Waals surface area contributed by atoms with Crippen LogP contribution in [0.15, 0.2) is 23.1 Å². The number of imide groups is 1. The van der Waals surface area contributed by atoms with Crippen LogP contribution >= 0.6 is 35.1 Å². The van der Waals surface area contributed by atoms with Crippen LogP contribution in [0.5, 0.6) is 0 Å². The maximum atomic E-state index is 11.8. The Balaban J connectivity index is 2.53. The molecule has 0 saturated heterocycles. The molecular weight excluding hydrogens is 328 g/mol. The minimum absolute atomic E-state index is 0.295. The van der Waals surface area contributed by atoms with Crippen molar-refractivity contribution in [3.63, 3.8) is 0 Å². The van der Waals surface area contributed by atoms with E-state index in [1.165, 1.54) is 18.2 Å². The number of carbonyl (C=O) groups excluding carboxylic acids is 2. The van der Waals surface area contributed by atoms with Crippen LogP contribution in [0.1, 0.15) is 0 Å². The smallest absolute Gasteiger partial charge is 0.277 e. The predicted octanol–water partition coefficient (Wildman–Crippen LogP) is 3.39. The lowest BCUT2D eigenvalue weighted by Crippen LogP contribution is -2.43. The van der Waals surface area contributed by atoms with Crippen LogP contribution in [-0.4, -0.2) is 18.1 Å². The van der Waals surface area contributed by atoms with E-state index in [-0.39, 0.29) is 0 Å². The molecule has 104 valence electrons. The molecule has 0 aliphatic carbocycles. The first-order valence-electron chi connectivity index (χ1n) is 4.49. The molecule has 0 fully saturated rings. The number of benzene rings is 1. The molecule has 2 N–H and O–H groups in total. The molecule has 1 rings (SSSR count). The topological polar surface area (TPSA) is 58.2 Å². The fourth-order valence-electron chi connectivity index (χ4n) is 0.892. The Morgan fingerprint density at radius 1 is 1.11 bits per heavy atom. The third-order valence-electron chi connectivity index (χ3n) is 1.58. The van der Waals surface area contributed by atoms with Crippen molar-refractivity contribution in [2.75, 3.05) is 0 Å². The second kappa shape index (κ2) is 6.36. The summed E-state index contributed by atoms with van der Waals surface area (Å²) in [6.45, 7) is 0. The van der Waals surface area contributed by atoms with Crippen molar-refractivity contribution in [1.82, 2.24) is 10.0 Å². The molecule has 19 heavy (non-hydrogen) atoms. The van der Waals surface area contributed by atoms with Gasteiger partial charge in [0, 0.05) is 14.9 Å². The van der Waals surface area contributed by atoms with E-state index in [0.29, 0.717) is 26.9 Å². The molecule has 3 amide bonds. The third kappa shape index (κ3) is 5.58. The van der Waals surface area contributed by atoms with Gasteiger partial charge in [-0.1, -0.05) is 23.2 Å². The highest BCUT2D eigenvalue weighted by molar-refractivity contribution is 7.98. The minimum Gasteiger partial charge on any atom is -0.277 e. The lowest BCUT2D eigenvalue weighted by atomic mass is 10.4. The molecule has 1 aromatic rings. The van der Waals surface area contributed by atoms with Crippen LogP contribution < -0.4 is 10.0 Å². The molecule has 4 nitrogen and oxygen atoms in total. The molecule has 0 aliphatic rings. The number of rotatable bonds is 2. The Morgan fingerprint density at radius 2 is 1.63 bits per heavy atom. The number of halogens is 5. The van der Waals surface area contributed by atoms with E-state index in [4.69, 9.17) is 23.2 Å². The lowest BCUT2D eigenvalue weighted by molar-refractivity contribution is -0.172. The Hall–Kier alpha value is -1.12. The van der Waals surface area contributed by atoms with Gasteiger partial charge in [0.05, 0.1) is 0 Å². The van der Waals surface area contributed by atoms with Crippen molar-refractivity contribution in [1.29, 1.82) is 0 Å². The number of hydrogen-bond donors (Lipinski definition) is 2. The van der Waals surface area contributed by atoms with Crippen LogP contribution in [0.4, 0.5) is 18.0 Å². The third-order valence-corrected chi connectivity index (χ3v) is 2.78. The molecule has 0 heterocycles. The molecule has 0 radical (unpaired) electrons. The molecule has 10 heteroatoms. The zero-order chi connectivity index (χ0) is 14.6. The second-order valence-corrected chi connectivity index (χ2v) is 4.84. The largest absolute Gasteiger partial charge is 0.471 e. The highest BCUT2D eigenvalue weighted by Crippen LogP contribution is 2.24. The van der Waals surface area contributed by atoms with Crippen molar-refractivity contribution in [3.8, 4) is 0 Å². The maximum absolute atomic E-state index is 11.8. The van der Waals surface area contributed by atoms with Gasteiger partial charge in [0.25, 0.3) is 0 Å². The molecule has 0 unspecified atom stereocenters. The summed E-state index contributed by atoms with van der Waals surface area (Å²) in [7, 11) is 0. The Bertz CT molecular complexity index is 490. The van der Waals surface area contributed by atoms with Gasteiger partial charge < -0.3 is 0 Å². The van der Waals surface area contributed by atoms with Gasteiger partial charge in [-0.15, -0.1) is 0 Å². The van der Waals surface area contributed by atoms with Crippen molar-refractivity contribution in [2.24, 2.45) is 0 Å². The van der Waals surface area contributed by atoms with E-state index >= 15 is 0 Å². The zero-order valence-corrected chi connectivity index (χ0v) is 11.2. The van der Waals surface area contributed by atoms with Gasteiger partial charge in [-0.3, -0.25) is 14.8 Å². The van der Waals surface area contributed by atoms with Crippen LogP contribution in [0.3, 0.4) is 0 Å². The predicted molar refractivity (Wildman–Crippen MR) is 65.0 cm³/mol. The summed E-state index contributed by atoms with van der Waals surface area (Å²) in [5.41, 5.74) is 0. The van der Waals surface area contributed by atoms with Gasteiger partial charge in [-0.05, 0) is 30.1 Å². The van der Waals surface area contributed by atoms with E-state index in [9.17, 15) is 22.8 Å². The van der Waals surface area contributed by atoms with Crippen molar-refractivity contribution >= 4 is 47.1 Å². The van der Waals surface area contributed by atoms with Gasteiger partial charge in [0.2, 0.25) is 0 Å². The molecule has 0 spiro atoms. The van der Waals surface area contributed by atoms with Gasteiger partial charge in [-0.2, -0.15) is 13.2 Å². The number of urea groups is 1. The Labute approximate surface area is 119 Å². The van der Waals surface area contributed by atoms with Crippen molar-refractivity contribution < 1.29 is 22.8 Å². The molecule has 0 atom stereocenters. The van der Waals surface area contributed by atoms with E-state index < -0.39 is 18.1 Å². The van der Waals surface area contributed by atoms with Crippen LogP contribution in [0, 0.1) is 0 Å². The highest BCUT2D eigenvalue weighted by Gasteiger charge is 2.39. The molecular formula is C9H5Cl2F3N2O2S. The number of hydrogen-bond acceptors (Lipinski definition) is 3. The van der Waals surface area contributed by atoms with Crippen molar-refractivity contribution in [3.05, 3.63) is 28.2 Å². The quantitative estimate of drug-likeness (QED) is 0.816. The second-order valence-electron chi connectivity index (χ2n) is 3.09. The first-order chi connectivity index (χ1) is 8.68. The summed E-state index contributed by atoms with van der Waals surface area (Å²) in [5, 5.41) is 1.71. The van der Waals surface area contributed by atoms with Gasteiger partial charge in [0.1, 0.15) is 0 Å². The van der Waals surface area contributed by atoms with E-state index in [1.807, 2.05) is 4.72 Å². The summed E-state index contributed by atoms with van der Waals surface area (Å²) >= 11 is 12.0. The molecule has 1 aromatic carbocycles. The Kier molecular flexibility index (Phi) is 5.33. The standard InChI is InChI=1S/C9H5Cl2F3N2O2S/c10-4-1-5(11)3-6(2-4)19-16-8(18)15-7(17)9(12,13)14/h1-3H,(H2,15,16,17,18). The Morgan fingerprint density at radius 3 is 2.11 bits per heavy atom. The first-order valence-corrected chi connectivity index (χ1v) is 6.07. The maximum Gasteiger partial charge on any atom is 0.471 e. The first kappa shape index (κ1) is 15.9. The highest BCUT2D eigenvalue weighted by atomic mass is 35.5. The number of carbonyl (C=O) groups is 2. The van der Waals surface area contributed by atoms with Gasteiger partial charge >= 0.3 is 18.1 Å². The summed E-state index contributed by atoms with van der Waals surface area (Å²) in [6, 6.07) is 3.01. The van der Waals surface area contributed by atoms with E-state index in [0.717, 1.165) is 5.32 Å². The molecule has 0 bridgehead atoms. The number of nitrogens with one attached hydrogen (secondary N) is 2. The average Bonchev–Trinajstić information content (AvgIpc) is 2.23. The van der Waals surface area contributed by atoms with Crippen LogP contribution in [-0.2, 0) is 4.79 Å². The normalized spacial score (nSPS) is 11.0. The molecule has 0 saturated carbocycles. The SMILES string of the molecule is O=C(NSc1cc(Cl)cc(Cl)c1)NC(=O)C(F)(F)F. The van der Waals surface area contributed by atoms with Gasteiger partial charge in [0.15, 0.2) is 0 Å². The van der Waals surface area contributed by atoms with Crippen LogP contribution in [0.25, 0.3) is 0 Å². The summed E-state index contributed by atoms with van der Waals surface area (Å²) in [5.74, 6) is -2.35. The van der Waals surface area contributed by atoms with E-state index in [2.05, 4.69) is 0 Å². The molecule has 0 aliphatic heterocycles. The number of alkyl halides is 3. The summed E-state index contributed by atoms with van der Waals surface area (Å²) in [6.07, 6.45) is -5.12. The number of amides is 3. The molecule has 0 aromatic heterocycles. The average molecular weight is 333 g/mol. The monoisotopic (exact) mass is 332 g/mol. The fraction of sp³-hybridized carbons (Fsp3) is 0.111. The fourth-order valence-corrected chi connectivity index (χ4v) is 2.18. The van der Waals surface area contributed by atoms with E-state index in [1.54, 1.807) is 0 Å². The lowest BCUT2D eigenvalue weighted by Gasteiger charge is -2.08. The van der Waals surface area contributed by atoms with Crippen molar-refractivity contribution in [2.45, 2.75) is 11.1 Å².